The van der Waals surface area contributed by atoms with Crippen LogP contribution in [0.3, 0.4) is 0 Å². The van der Waals surface area contributed by atoms with Gasteiger partial charge in [0.15, 0.2) is 0 Å². The molecule has 2 saturated heterocycles. The summed E-state index contributed by atoms with van der Waals surface area (Å²) in [5, 5.41) is 0. The summed E-state index contributed by atoms with van der Waals surface area (Å²) >= 11 is 0. The van der Waals surface area contributed by atoms with Gasteiger partial charge in [-0.2, -0.15) is 0 Å². The van der Waals surface area contributed by atoms with Crippen molar-refractivity contribution in [2.75, 3.05) is 45.9 Å². The Bertz CT molecular complexity index is 280. The van der Waals surface area contributed by atoms with Crippen LogP contribution in [0.2, 0.25) is 0 Å². The van der Waals surface area contributed by atoms with Gasteiger partial charge in [-0.3, -0.25) is 9.69 Å². The lowest BCUT2D eigenvalue weighted by Gasteiger charge is -2.34. The minimum Gasteiger partial charge on any atom is -0.378 e. The van der Waals surface area contributed by atoms with Crippen molar-refractivity contribution in [1.29, 1.82) is 0 Å². The quantitative estimate of drug-likeness (QED) is 0.776. The van der Waals surface area contributed by atoms with Gasteiger partial charge in [-0.1, -0.05) is 13.8 Å². The van der Waals surface area contributed by atoms with E-state index in [1.807, 2.05) is 4.90 Å². The summed E-state index contributed by atoms with van der Waals surface area (Å²) in [7, 11) is 0. The third-order valence-corrected chi connectivity index (χ3v) is 4.23. The molecule has 0 aliphatic carbocycles. The van der Waals surface area contributed by atoms with Crippen molar-refractivity contribution in [3.05, 3.63) is 0 Å². The normalized spacial score (nSPS) is 23.0. The van der Waals surface area contributed by atoms with Crippen LogP contribution in [-0.2, 0) is 9.53 Å². The van der Waals surface area contributed by atoms with Gasteiger partial charge in [0, 0.05) is 13.1 Å². The Labute approximate surface area is 117 Å². The highest BCUT2D eigenvalue weighted by atomic mass is 16.5. The first-order chi connectivity index (χ1) is 9.15. The Hall–Kier alpha value is -0.610. The van der Waals surface area contributed by atoms with Crippen LogP contribution in [0.25, 0.3) is 0 Å². The first-order valence-electron chi connectivity index (χ1n) is 7.73. The van der Waals surface area contributed by atoms with Gasteiger partial charge in [-0.15, -0.1) is 0 Å². The van der Waals surface area contributed by atoms with Crippen molar-refractivity contribution in [3.8, 4) is 0 Å². The van der Waals surface area contributed by atoms with E-state index in [1.54, 1.807) is 0 Å². The number of piperidine rings is 1. The van der Waals surface area contributed by atoms with Crippen LogP contribution in [-0.4, -0.2) is 61.6 Å². The molecule has 0 aromatic carbocycles. The third kappa shape index (κ3) is 4.77. The Kier molecular flexibility index (Phi) is 5.64. The Balaban J connectivity index is 1.68. The van der Waals surface area contributed by atoms with Gasteiger partial charge in [0.1, 0.15) is 0 Å². The molecule has 2 fully saturated rings. The maximum Gasteiger partial charge on any atom is 0.236 e. The molecule has 0 N–H and O–H groups in total. The van der Waals surface area contributed by atoms with Gasteiger partial charge in [0.25, 0.3) is 0 Å². The highest BCUT2D eigenvalue weighted by Crippen LogP contribution is 2.23. The van der Waals surface area contributed by atoms with Crippen molar-refractivity contribution in [2.24, 2.45) is 11.8 Å². The number of amides is 1. The Morgan fingerprint density at radius 3 is 2.37 bits per heavy atom. The van der Waals surface area contributed by atoms with Crippen molar-refractivity contribution in [2.45, 2.75) is 33.1 Å². The van der Waals surface area contributed by atoms with E-state index >= 15 is 0 Å². The van der Waals surface area contributed by atoms with Crippen molar-refractivity contribution in [1.82, 2.24) is 9.80 Å². The van der Waals surface area contributed by atoms with E-state index in [1.165, 1.54) is 19.3 Å². The number of likely N-dealkylation sites (tertiary alicyclic amines) is 1. The molecule has 0 bridgehead atoms. The molecule has 0 aromatic heterocycles. The summed E-state index contributed by atoms with van der Waals surface area (Å²) in [4.78, 5) is 16.4. The van der Waals surface area contributed by atoms with Crippen LogP contribution in [0.15, 0.2) is 0 Å². The predicted octanol–water partition coefficient (Wildman–Crippen LogP) is 1.60. The summed E-state index contributed by atoms with van der Waals surface area (Å²) in [5.74, 6) is 1.95. The summed E-state index contributed by atoms with van der Waals surface area (Å²) in [6.45, 7) is 10.3. The van der Waals surface area contributed by atoms with Crippen molar-refractivity contribution in [3.63, 3.8) is 0 Å². The van der Waals surface area contributed by atoms with Gasteiger partial charge >= 0.3 is 0 Å². The van der Waals surface area contributed by atoms with E-state index in [2.05, 4.69) is 18.7 Å². The molecule has 0 saturated carbocycles. The smallest absolute Gasteiger partial charge is 0.236 e. The highest BCUT2D eigenvalue weighted by Gasteiger charge is 2.24. The van der Waals surface area contributed by atoms with Crippen LogP contribution < -0.4 is 0 Å². The van der Waals surface area contributed by atoms with Crippen LogP contribution in [0, 0.1) is 11.8 Å². The molecule has 2 aliphatic rings. The topological polar surface area (TPSA) is 32.8 Å². The van der Waals surface area contributed by atoms with E-state index in [0.29, 0.717) is 19.8 Å². The minimum absolute atomic E-state index is 0.283. The maximum atomic E-state index is 12.2. The fourth-order valence-electron chi connectivity index (χ4n) is 3.15. The van der Waals surface area contributed by atoms with E-state index < -0.39 is 0 Å². The molecule has 0 atom stereocenters. The zero-order chi connectivity index (χ0) is 13.7. The lowest BCUT2D eigenvalue weighted by Crippen LogP contribution is -2.47. The lowest BCUT2D eigenvalue weighted by atomic mass is 9.88. The largest absolute Gasteiger partial charge is 0.378 e. The van der Waals surface area contributed by atoms with Gasteiger partial charge in [0.2, 0.25) is 5.91 Å². The number of hydrogen-bond donors (Lipinski definition) is 0. The minimum atomic E-state index is 0.283. The summed E-state index contributed by atoms with van der Waals surface area (Å²) < 4.78 is 5.28. The average Bonchev–Trinajstić information content (AvgIpc) is 2.41. The van der Waals surface area contributed by atoms with E-state index in [0.717, 1.165) is 38.0 Å². The lowest BCUT2D eigenvalue weighted by molar-refractivity contribution is -0.136. The first kappa shape index (κ1) is 14.8. The Morgan fingerprint density at radius 2 is 1.79 bits per heavy atom. The number of ether oxygens (including phenoxy) is 1. The molecule has 0 unspecified atom stereocenters. The van der Waals surface area contributed by atoms with E-state index in [-0.39, 0.29) is 5.91 Å². The maximum absolute atomic E-state index is 12.2. The summed E-state index contributed by atoms with van der Waals surface area (Å²) in [6, 6.07) is 0. The fraction of sp³-hybridized carbons (Fsp3) is 0.933. The average molecular weight is 268 g/mol. The fourth-order valence-corrected chi connectivity index (χ4v) is 3.15. The molecular formula is C15H28N2O2. The molecule has 19 heavy (non-hydrogen) atoms. The molecule has 4 nitrogen and oxygen atoms in total. The molecule has 1 amide bonds. The molecule has 2 heterocycles. The van der Waals surface area contributed by atoms with Gasteiger partial charge in [-0.05, 0) is 44.2 Å². The molecular weight excluding hydrogens is 240 g/mol. The van der Waals surface area contributed by atoms with Crippen LogP contribution in [0.4, 0.5) is 0 Å². The number of carbonyl (C=O) groups excluding carboxylic acids is 1. The van der Waals surface area contributed by atoms with Gasteiger partial charge < -0.3 is 9.64 Å². The van der Waals surface area contributed by atoms with Crippen LogP contribution in [0.1, 0.15) is 33.1 Å². The monoisotopic (exact) mass is 268 g/mol. The number of carbonyl (C=O) groups is 1. The predicted molar refractivity (Wildman–Crippen MR) is 76.0 cm³/mol. The molecule has 110 valence electrons. The second kappa shape index (κ2) is 7.25. The first-order valence-corrected chi connectivity index (χ1v) is 7.73. The van der Waals surface area contributed by atoms with Crippen LogP contribution in [0.5, 0.6) is 0 Å². The number of hydrogen-bond acceptors (Lipinski definition) is 3. The van der Waals surface area contributed by atoms with Gasteiger partial charge in [-0.25, -0.2) is 0 Å². The molecule has 2 rings (SSSR count). The van der Waals surface area contributed by atoms with Gasteiger partial charge in [0.05, 0.1) is 19.8 Å². The van der Waals surface area contributed by atoms with Crippen molar-refractivity contribution >= 4 is 5.91 Å². The third-order valence-electron chi connectivity index (χ3n) is 4.23. The number of rotatable bonds is 4. The second-order valence-electron chi connectivity index (χ2n) is 6.34. The number of morpholine rings is 1. The molecule has 0 radical (unpaired) electrons. The standard InChI is InChI=1S/C15H28N2O2/c1-13(2)11-14-3-5-16(6-4-14)12-15(18)17-7-9-19-10-8-17/h13-14H,3-12H2,1-2H3. The van der Waals surface area contributed by atoms with E-state index in [9.17, 15) is 4.79 Å². The molecule has 0 aromatic rings. The highest BCUT2D eigenvalue weighted by molar-refractivity contribution is 5.78. The zero-order valence-electron chi connectivity index (χ0n) is 12.4. The molecule has 0 spiro atoms. The summed E-state index contributed by atoms with van der Waals surface area (Å²) in [6.07, 6.45) is 3.86. The summed E-state index contributed by atoms with van der Waals surface area (Å²) in [5.41, 5.74) is 0. The van der Waals surface area contributed by atoms with E-state index in [4.69, 9.17) is 4.74 Å². The number of nitrogens with zero attached hydrogens (tertiary/aromatic N) is 2. The second-order valence-corrected chi connectivity index (χ2v) is 6.34. The van der Waals surface area contributed by atoms with Crippen molar-refractivity contribution < 1.29 is 9.53 Å². The SMILES string of the molecule is CC(C)CC1CCN(CC(=O)N2CCOCC2)CC1. The zero-order valence-corrected chi connectivity index (χ0v) is 12.4. The van der Waals surface area contributed by atoms with Crippen LogP contribution >= 0.6 is 0 Å². The Morgan fingerprint density at radius 1 is 1.16 bits per heavy atom. The molecule has 2 aliphatic heterocycles. The molecule has 4 heteroatoms.